The summed E-state index contributed by atoms with van der Waals surface area (Å²) in [6.07, 6.45) is 11.3. The average molecular weight is 408 g/mol. The molecule has 30 heavy (non-hydrogen) atoms. The summed E-state index contributed by atoms with van der Waals surface area (Å²) in [7, 11) is 1.71. The van der Waals surface area contributed by atoms with Gasteiger partial charge in [0.1, 0.15) is 17.1 Å². The van der Waals surface area contributed by atoms with Gasteiger partial charge in [0.2, 0.25) is 5.91 Å². The first-order valence-corrected chi connectivity index (χ1v) is 10.7. The Morgan fingerprint density at radius 1 is 1.23 bits per heavy atom. The molecular formula is C24H29N3O3. The van der Waals surface area contributed by atoms with E-state index in [9.17, 15) is 9.59 Å². The van der Waals surface area contributed by atoms with E-state index in [1.807, 2.05) is 29.2 Å². The van der Waals surface area contributed by atoms with Crippen LogP contribution in [-0.2, 0) is 16.0 Å². The molecule has 6 heteroatoms. The summed E-state index contributed by atoms with van der Waals surface area (Å²) in [5.41, 5.74) is 0.226. The minimum atomic E-state index is -1.01. The third-order valence-electron chi connectivity index (χ3n) is 6.34. The number of aliphatic imine (C=N–C) groups is 1. The van der Waals surface area contributed by atoms with Crippen molar-refractivity contribution in [2.45, 2.75) is 44.6 Å². The Bertz CT molecular complexity index is 912. The molecule has 0 aromatic heterocycles. The molecule has 1 saturated heterocycles. The SMILES string of the molecule is COc1ccccc1CCC1CCN(C(=O)[C@]2(C)CC(=O)N3C=CC=CC3=N2)CC1. The minimum absolute atomic E-state index is 0.0332. The van der Waals surface area contributed by atoms with E-state index >= 15 is 0 Å². The molecule has 0 unspecified atom stereocenters. The van der Waals surface area contributed by atoms with Crippen molar-refractivity contribution in [3.63, 3.8) is 0 Å². The lowest BCUT2D eigenvalue weighted by Crippen LogP contribution is -2.54. The van der Waals surface area contributed by atoms with Gasteiger partial charge < -0.3 is 9.64 Å². The molecule has 3 heterocycles. The predicted molar refractivity (Wildman–Crippen MR) is 116 cm³/mol. The first kappa shape index (κ1) is 20.4. The highest BCUT2D eigenvalue weighted by Gasteiger charge is 2.44. The number of piperidine rings is 1. The summed E-state index contributed by atoms with van der Waals surface area (Å²) in [6.45, 7) is 3.24. The number of nitrogens with zero attached hydrogens (tertiary/aromatic N) is 3. The van der Waals surface area contributed by atoms with E-state index in [4.69, 9.17) is 4.74 Å². The minimum Gasteiger partial charge on any atom is -0.496 e. The van der Waals surface area contributed by atoms with Crippen molar-refractivity contribution < 1.29 is 14.3 Å². The largest absolute Gasteiger partial charge is 0.496 e. The highest BCUT2D eigenvalue weighted by Crippen LogP contribution is 2.31. The fraction of sp³-hybridized carbons (Fsp3) is 0.458. The lowest BCUT2D eigenvalue weighted by molar-refractivity contribution is -0.142. The van der Waals surface area contributed by atoms with E-state index in [0.717, 1.165) is 44.5 Å². The molecule has 158 valence electrons. The number of para-hydroxylation sites is 1. The second-order valence-electron chi connectivity index (χ2n) is 8.47. The molecule has 3 aliphatic rings. The van der Waals surface area contributed by atoms with Crippen LogP contribution in [0.15, 0.2) is 53.7 Å². The summed E-state index contributed by atoms with van der Waals surface area (Å²) in [5.74, 6) is 1.97. The maximum Gasteiger partial charge on any atom is 0.250 e. The molecule has 0 spiro atoms. The van der Waals surface area contributed by atoms with Gasteiger partial charge in [0.15, 0.2) is 0 Å². The molecule has 6 nitrogen and oxygen atoms in total. The molecule has 4 rings (SSSR count). The number of carbonyl (C=O) groups is 2. The van der Waals surface area contributed by atoms with Crippen molar-refractivity contribution in [2.24, 2.45) is 10.9 Å². The van der Waals surface area contributed by atoms with Crippen molar-refractivity contribution in [3.8, 4) is 5.75 Å². The highest BCUT2D eigenvalue weighted by molar-refractivity contribution is 6.11. The lowest BCUT2D eigenvalue weighted by atomic mass is 9.88. The molecule has 0 radical (unpaired) electrons. The molecule has 0 bridgehead atoms. The Hall–Kier alpha value is -2.89. The average Bonchev–Trinajstić information content (AvgIpc) is 2.77. The quantitative estimate of drug-likeness (QED) is 0.752. The number of carbonyl (C=O) groups excluding carboxylic acids is 2. The van der Waals surface area contributed by atoms with Gasteiger partial charge in [0, 0.05) is 19.3 Å². The maximum absolute atomic E-state index is 13.3. The molecule has 0 aliphatic carbocycles. The molecule has 0 saturated carbocycles. The summed E-state index contributed by atoms with van der Waals surface area (Å²) < 4.78 is 5.45. The fourth-order valence-corrected chi connectivity index (χ4v) is 4.57. The molecule has 3 aliphatic heterocycles. The van der Waals surface area contributed by atoms with Gasteiger partial charge in [-0.05, 0) is 62.3 Å². The Morgan fingerprint density at radius 3 is 2.77 bits per heavy atom. The van der Waals surface area contributed by atoms with Gasteiger partial charge in [-0.2, -0.15) is 0 Å². The first-order chi connectivity index (χ1) is 14.5. The van der Waals surface area contributed by atoms with Crippen molar-refractivity contribution in [3.05, 3.63) is 54.3 Å². The van der Waals surface area contributed by atoms with Crippen LogP contribution in [0.2, 0.25) is 0 Å². The monoisotopic (exact) mass is 407 g/mol. The fourth-order valence-electron chi connectivity index (χ4n) is 4.57. The van der Waals surface area contributed by atoms with Crippen LogP contribution in [-0.4, -0.2) is 53.2 Å². The van der Waals surface area contributed by atoms with Gasteiger partial charge >= 0.3 is 0 Å². The molecule has 0 N–H and O–H groups in total. The van der Waals surface area contributed by atoms with Crippen molar-refractivity contribution in [1.29, 1.82) is 0 Å². The number of allylic oxidation sites excluding steroid dienone is 2. The maximum atomic E-state index is 13.3. The number of likely N-dealkylation sites (tertiary alicyclic amines) is 1. The number of hydrogen-bond acceptors (Lipinski definition) is 4. The number of amides is 2. The van der Waals surface area contributed by atoms with Crippen molar-refractivity contribution in [1.82, 2.24) is 9.80 Å². The number of hydrogen-bond donors (Lipinski definition) is 0. The molecule has 1 fully saturated rings. The van der Waals surface area contributed by atoms with Gasteiger partial charge in [-0.15, -0.1) is 0 Å². The third kappa shape index (κ3) is 4.04. The van der Waals surface area contributed by atoms with Gasteiger partial charge in [-0.1, -0.05) is 24.3 Å². The number of ether oxygens (including phenoxy) is 1. The Morgan fingerprint density at radius 2 is 2.00 bits per heavy atom. The number of methoxy groups -OCH3 is 1. The second kappa shape index (κ2) is 8.46. The number of benzene rings is 1. The van der Waals surface area contributed by atoms with Crippen LogP contribution in [0.1, 0.15) is 38.2 Å². The van der Waals surface area contributed by atoms with Crippen LogP contribution in [0.25, 0.3) is 0 Å². The Balaban J connectivity index is 1.35. The summed E-state index contributed by atoms with van der Waals surface area (Å²) in [5, 5.41) is 0. The number of fused-ring (bicyclic) bond motifs is 1. The predicted octanol–water partition coefficient (Wildman–Crippen LogP) is 3.34. The number of rotatable bonds is 5. The summed E-state index contributed by atoms with van der Waals surface area (Å²) >= 11 is 0. The van der Waals surface area contributed by atoms with Crippen LogP contribution in [0.4, 0.5) is 0 Å². The second-order valence-corrected chi connectivity index (χ2v) is 8.47. The van der Waals surface area contributed by atoms with Gasteiger partial charge in [0.25, 0.3) is 5.91 Å². The Labute approximate surface area is 177 Å². The summed E-state index contributed by atoms with van der Waals surface area (Å²) in [6, 6.07) is 8.16. The normalized spacial score (nSPS) is 23.9. The van der Waals surface area contributed by atoms with E-state index < -0.39 is 5.54 Å². The Kier molecular flexibility index (Phi) is 5.75. The van der Waals surface area contributed by atoms with Gasteiger partial charge in [-0.3, -0.25) is 19.5 Å². The molecule has 2 amide bonds. The first-order valence-electron chi connectivity index (χ1n) is 10.7. The van der Waals surface area contributed by atoms with Gasteiger partial charge in [0.05, 0.1) is 13.5 Å². The van der Waals surface area contributed by atoms with Crippen LogP contribution >= 0.6 is 0 Å². The van der Waals surface area contributed by atoms with E-state index in [2.05, 4.69) is 11.1 Å². The van der Waals surface area contributed by atoms with E-state index in [-0.39, 0.29) is 18.2 Å². The zero-order valence-corrected chi connectivity index (χ0v) is 17.7. The topological polar surface area (TPSA) is 62.2 Å². The molecular weight excluding hydrogens is 378 g/mol. The van der Waals surface area contributed by atoms with Gasteiger partial charge in [-0.25, -0.2) is 0 Å². The zero-order valence-electron chi connectivity index (χ0n) is 17.7. The smallest absolute Gasteiger partial charge is 0.250 e. The summed E-state index contributed by atoms with van der Waals surface area (Å²) in [4.78, 5) is 33.9. The van der Waals surface area contributed by atoms with E-state index in [1.165, 1.54) is 10.5 Å². The standard InChI is InChI=1S/C24H29N3O3/c1-24(17-22(28)27-14-6-5-9-21(27)25-24)23(29)26-15-12-18(13-16-26)10-11-19-7-3-4-8-20(19)30-2/h3-9,14,18H,10-13,15-17H2,1-2H3/t24-/m0/s1. The van der Waals surface area contributed by atoms with Crippen LogP contribution in [0.5, 0.6) is 5.75 Å². The van der Waals surface area contributed by atoms with Crippen molar-refractivity contribution in [2.75, 3.05) is 20.2 Å². The molecule has 1 aromatic rings. The van der Waals surface area contributed by atoms with Crippen LogP contribution < -0.4 is 4.74 Å². The third-order valence-corrected chi connectivity index (χ3v) is 6.34. The van der Waals surface area contributed by atoms with E-state index in [1.54, 1.807) is 32.4 Å². The molecule has 1 atom stereocenters. The van der Waals surface area contributed by atoms with Crippen molar-refractivity contribution >= 4 is 17.6 Å². The lowest BCUT2D eigenvalue weighted by Gasteiger charge is -2.39. The van der Waals surface area contributed by atoms with Crippen LogP contribution in [0.3, 0.4) is 0 Å². The number of aryl methyl sites for hydroxylation is 1. The zero-order chi connectivity index (χ0) is 21.1. The van der Waals surface area contributed by atoms with E-state index in [0.29, 0.717) is 11.8 Å². The molecule has 1 aromatic carbocycles. The van der Waals surface area contributed by atoms with Crippen LogP contribution in [0, 0.1) is 5.92 Å². The number of amidine groups is 1. The highest BCUT2D eigenvalue weighted by atomic mass is 16.5.